The number of aromatic nitrogens is 1. The number of aliphatic imine (C=N–C) groups is 1. The van der Waals surface area contributed by atoms with Crippen molar-refractivity contribution in [3.63, 3.8) is 0 Å². The Morgan fingerprint density at radius 2 is 1.97 bits per heavy atom. The second-order valence-electron chi connectivity index (χ2n) is 8.87. The van der Waals surface area contributed by atoms with E-state index in [9.17, 15) is 9.18 Å². The van der Waals surface area contributed by atoms with Crippen LogP contribution in [0.4, 0.5) is 14.9 Å². The van der Waals surface area contributed by atoms with Crippen molar-refractivity contribution in [1.29, 1.82) is 0 Å². The Hall–Kier alpha value is -2.80. The molecule has 3 fully saturated rings. The highest BCUT2D eigenvalue weighted by atomic mass is 19.1. The first-order valence-electron chi connectivity index (χ1n) is 11.2. The van der Waals surface area contributed by atoms with Gasteiger partial charge in [0.15, 0.2) is 0 Å². The van der Waals surface area contributed by atoms with Crippen LogP contribution in [0.25, 0.3) is 0 Å². The summed E-state index contributed by atoms with van der Waals surface area (Å²) in [6.45, 7) is 2.34. The number of rotatable bonds is 4. The van der Waals surface area contributed by atoms with E-state index in [1.54, 1.807) is 12.4 Å². The fourth-order valence-electron chi connectivity index (χ4n) is 5.27. The summed E-state index contributed by atoms with van der Waals surface area (Å²) in [5.41, 5.74) is 1.33. The number of anilines is 1. The molecule has 1 unspecified atom stereocenters. The van der Waals surface area contributed by atoms with Gasteiger partial charge in [0.25, 0.3) is 0 Å². The highest BCUT2D eigenvalue weighted by molar-refractivity contribution is 6.19. The molecular weight excluding hydrogens is 393 g/mol. The van der Waals surface area contributed by atoms with Crippen LogP contribution in [-0.2, 0) is 6.54 Å². The number of hydrogen-bond acceptors (Lipinski definition) is 4. The summed E-state index contributed by atoms with van der Waals surface area (Å²) >= 11 is 0. The van der Waals surface area contributed by atoms with Crippen LogP contribution >= 0.6 is 0 Å². The fourth-order valence-corrected chi connectivity index (χ4v) is 5.27. The van der Waals surface area contributed by atoms with Gasteiger partial charge in [0.2, 0.25) is 0 Å². The van der Waals surface area contributed by atoms with Gasteiger partial charge in [-0.3, -0.25) is 25.1 Å². The van der Waals surface area contributed by atoms with Crippen LogP contribution < -0.4 is 10.2 Å². The zero-order valence-corrected chi connectivity index (χ0v) is 17.6. The maximum Gasteiger partial charge on any atom is 0.328 e. The molecule has 2 aliphatic heterocycles. The Labute approximate surface area is 182 Å². The van der Waals surface area contributed by atoms with E-state index < -0.39 is 5.54 Å². The standard InChI is InChI=1S/C24H28FN5O/c25-19-10-8-18(9-11-19)16-29-14-4-12-24(17-29)22(27-20-5-1-2-6-20)28-23(31)30(24)21-7-3-13-26-15-21/h3,7-11,13,15,20H,1-2,4-6,12,14,16-17H2,(H,27,28,31). The number of urea groups is 1. The minimum atomic E-state index is -0.527. The van der Waals surface area contributed by atoms with Crippen molar-refractivity contribution >= 4 is 17.6 Å². The summed E-state index contributed by atoms with van der Waals surface area (Å²) in [4.78, 5) is 26.7. The minimum Gasteiger partial charge on any atom is -0.296 e. The second kappa shape index (κ2) is 8.38. The molecule has 31 heavy (non-hydrogen) atoms. The third-order valence-electron chi connectivity index (χ3n) is 6.71. The summed E-state index contributed by atoms with van der Waals surface area (Å²) in [6.07, 6.45) is 9.85. The Morgan fingerprint density at radius 1 is 1.16 bits per heavy atom. The quantitative estimate of drug-likeness (QED) is 0.808. The zero-order valence-electron chi connectivity index (χ0n) is 17.6. The van der Waals surface area contributed by atoms with E-state index in [1.165, 1.54) is 25.0 Å². The molecule has 1 spiro atoms. The number of piperidine rings is 1. The van der Waals surface area contributed by atoms with Gasteiger partial charge in [-0.25, -0.2) is 9.18 Å². The molecule has 5 rings (SSSR count). The van der Waals surface area contributed by atoms with Crippen molar-refractivity contribution in [3.8, 4) is 0 Å². The average molecular weight is 422 g/mol. The van der Waals surface area contributed by atoms with E-state index in [-0.39, 0.29) is 17.9 Å². The SMILES string of the molecule is O=C1NC(=NC2CCCC2)C2(CCCN(Cc3ccc(F)cc3)C2)N1c1cccnc1. The maximum absolute atomic E-state index is 13.3. The molecule has 162 valence electrons. The first-order valence-corrected chi connectivity index (χ1v) is 11.2. The molecule has 2 amide bonds. The van der Waals surface area contributed by atoms with E-state index in [0.29, 0.717) is 13.1 Å². The number of carbonyl (C=O) groups excluding carboxylic acids is 1. The lowest BCUT2D eigenvalue weighted by atomic mass is 9.86. The number of pyridine rings is 1. The normalized spacial score (nSPS) is 26.2. The summed E-state index contributed by atoms with van der Waals surface area (Å²) in [6, 6.07) is 10.6. The molecule has 3 heterocycles. The van der Waals surface area contributed by atoms with Gasteiger partial charge in [-0.05, 0) is 62.1 Å². The highest BCUT2D eigenvalue weighted by Gasteiger charge is 2.53. The van der Waals surface area contributed by atoms with Crippen LogP contribution in [0, 0.1) is 5.82 Å². The molecule has 0 bridgehead atoms. The molecule has 1 atom stereocenters. The van der Waals surface area contributed by atoms with Crippen molar-refractivity contribution in [2.45, 2.75) is 56.7 Å². The zero-order chi connectivity index (χ0) is 21.3. The van der Waals surface area contributed by atoms with Gasteiger partial charge in [0.1, 0.15) is 17.2 Å². The number of amides is 2. The fraction of sp³-hybridized carbons (Fsp3) is 0.458. The molecule has 1 saturated carbocycles. The van der Waals surface area contributed by atoms with E-state index >= 15 is 0 Å². The lowest BCUT2D eigenvalue weighted by Crippen LogP contribution is -2.60. The summed E-state index contributed by atoms with van der Waals surface area (Å²) in [7, 11) is 0. The third kappa shape index (κ3) is 3.94. The number of halogens is 1. The van der Waals surface area contributed by atoms with Gasteiger partial charge in [0, 0.05) is 19.3 Å². The molecule has 1 aromatic heterocycles. The first kappa shape index (κ1) is 20.1. The third-order valence-corrected chi connectivity index (χ3v) is 6.71. The Morgan fingerprint density at radius 3 is 2.71 bits per heavy atom. The number of amidine groups is 1. The van der Waals surface area contributed by atoms with E-state index in [1.807, 2.05) is 29.2 Å². The monoisotopic (exact) mass is 421 g/mol. The summed E-state index contributed by atoms with van der Waals surface area (Å²) < 4.78 is 13.3. The summed E-state index contributed by atoms with van der Waals surface area (Å²) in [5, 5.41) is 3.11. The molecule has 1 N–H and O–H groups in total. The van der Waals surface area contributed by atoms with Gasteiger partial charge in [-0.2, -0.15) is 0 Å². The number of carbonyl (C=O) groups is 1. The van der Waals surface area contributed by atoms with Gasteiger partial charge in [-0.1, -0.05) is 25.0 Å². The lowest BCUT2D eigenvalue weighted by molar-refractivity contribution is 0.176. The Kier molecular flexibility index (Phi) is 5.44. The smallest absolute Gasteiger partial charge is 0.296 e. The van der Waals surface area contributed by atoms with Gasteiger partial charge < -0.3 is 0 Å². The van der Waals surface area contributed by atoms with Gasteiger partial charge in [-0.15, -0.1) is 0 Å². The van der Waals surface area contributed by atoms with Crippen LogP contribution in [0.5, 0.6) is 0 Å². The number of likely N-dealkylation sites (tertiary alicyclic amines) is 1. The maximum atomic E-state index is 13.3. The minimum absolute atomic E-state index is 0.131. The van der Waals surface area contributed by atoms with E-state index in [4.69, 9.17) is 4.99 Å². The van der Waals surface area contributed by atoms with Crippen molar-refractivity contribution in [2.75, 3.05) is 18.0 Å². The predicted octanol–water partition coefficient (Wildman–Crippen LogP) is 4.13. The van der Waals surface area contributed by atoms with Crippen LogP contribution in [0.1, 0.15) is 44.1 Å². The van der Waals surface area contributed by atoms with Gasteiger partial charge in [0.05, 0.1) is 17.9 Å². The molecule has 3 aliphatic rings. The van der Waals surface area contributed by atoms with Crippen molar-refractivity contribution in [1.82, 2.24) is 15.2 Å². The predicted molar refractivity (Wildman–Crippen MR) is 119 cm³/mol. The van der Waals surface area contributed by atoms with Crippen LogP contribution in [0.3, 0.4) is 0 Å². The van der Waals surface area contributed by atoms with Crippen molar-refractivity contribution in [3.05, 3.63) is 60.2 Å². The highest BCUT2D eigenvalue weighted by Crippen LogP contribution is 2.37. The second-order valence-corrected chi connectivity index (χ2v) is 8.87. The molecule has 1 aromatic carbocycles. The lowest BCUT2D eigenvalue weighted by Gasteiger charge is -2.44. The number of nitrogens with zero attached hydrogens (tertiary/aromatic N) is 4. The largest absolute Gasteiger partial charge is 0.328 e. The molecular formula is C24H28FN5O. The topological polar surface area (TPSA) is 60.8 Å². The van der Waals surface area contributed by atoms with Crippen molar-refractivity contribution < 1.29 is 9.18 Å². The molecule has 2 saturated heterocycles. The Balaban J connectivity index is 1.49. The van der Waals surface area contributed by atoms with Crippen LogP contribution in [0.15, 0.2) is 53.8 Å². The number of nitrogens with one attached hydrogen (secondary N) is 1. The van der Waals surface area contributed by atoms with Crippen LogP contribution in [0.2, 0.25) is 0 Å². The molecule has 2 aromatic rings. The summed E-state index contributed by atoms with van der Waals surface area (Å²) in [5.74, 6) is 0.579. The van der Waals surface area contributed by atoms with E-state index in [0.717, 1.165) is 49.3 Å². The molecule has 1 aliphatic carbocycles. The average Bonchev–Trinajstić information content (AvgIpc) is 3.37. The van der Waals surface area contributed by atoms with E-state index in [2.05, 4.69) is 15.2 Å². The molecule has 7 heteroatoms. The van der Waals surface area contributed by atoms with Crippen LogP contribution in [-0.4, -0.2) is 46.4 Å². The van der Waals surface area contributed by atoms with Crippen molar-refractivity contribution in [2.24, 2.45) is 4.99 Å². The molecule has 6 nitrogen and oxygen atoms in total. The number of hydrogen-bond donors (Lipinski definition) is 1. The van der Waals surface area contributed by atoms with Gasteiger partial charge >= 0.3 is 6.03 Å². The first-order chi connectivity index (χ1) is 15.1. The molecule has 0 radical (unpaired) electrons. The number of benzene rings is 1. The Bertz CT molecular complexity index is 958.